The molecule has 0 amide bonds. The molecule has 13 heavy (non-hydrogen) atoms. The molecule has 0 nitrogen and oxygen atoms in total. The molecule has 0 heteroatoms. The van der Waals surface area contributed by atoms with E-state index < -0.39 is 0 Å². The van der Waals surface area contributed by atoms with Crippen LogP contribution in [0.15, 0.2) is 42.5 Å². The predicted octanol–water partition coefficient (Wildman–Crippen LogP) is 3.98. The van der Waals surface area contributed by atoms with Crippen molar-refractivity contribution in [2.75, 3.05) is 0 Å². The molecule has 0 saturated heterocycles. The summed E-state index contributed by atoms with van der Waals surface area (Å²) in [6, 6.07) is 0. The highest BCUT2D eigenvalue weighted by molar-refractivity contribution is 5.01. The van der Waals surface area contributed by atoms with Crippen LogP contribution in [0.5, 0.6) is 0 Å². The van der Waals surface area contributed by atoms with Crippen molar-refractivity contribution in [3.8, 4) is 0 Å². The molecule has 0 atom stereocenters. The molecular weight excluding hydrogens is 156 g/mol. The Balaban J connectivity index is 2.38. The monoisotopic (exact) mass is 173 g/mol. The number of hydrogen-bond acceptors (Lipinski definition) is 0. The number of allylic oxidation sites excluding steroid dienone is 8. The smallest absolute Gasteiger partial charge is 0.0160 e. The third-order valence-electron chi connectivity index (χ3n) is 1.93. The first-order chi connectivity index (χ1) is 6.50. The van der Waals surface area contributed by atoms with Gasteiger partial charge in [-0.25, -0.2) is 0 Å². The lowest BCUT2D eigenvalue weighted by Gasteiger charge is -1.88. The Morgan fingerprint density at radius 1 is 0.769 bits per heavy atom. The highest BCUT2D eigenvalue weighted by atomic mass is 13.9. The average molecular weight is 173 g/mol. The lowest BCUT2D eigenvalue weighted by atomic mass is 10.2. The van der Waals surface area contributed by atoms with E-state index in [1.807, 2.05) is 6.08 Å². The zero-order chi connectivity index (χ0) is 9.19. The molecule has 0 aromatic rings. The maximum Gasteiger partial charge on any atom is -0.0160 e. The fourth-order valence-electron chi connectivity index (χ4n) is 1.19. The van der Waals surface area contributed by atoms with Crippen molar-refractivity contribution in [3.05, 3.63) is 48.6 Å². The van der Waals surface area contributed by atoms with Gasteiger partial charge in [0, 0.05) is 0 Å². The van der Waals surface area contributed by atoms with E-state index in [9.17, 15) is 0 Å². The topological polar surface area (TPSA) is 0 Å². The lowest BCUT2D eigenvalue weighted by Crippen LogP contribution is -1.68. The van der Waals surface area contributed by atoms with Crippen LogP contribution < -0.4 is 0 Å². The van der Waals surface area contributed by atoms with Crippen molar-refractivity contribution in [2.24, 2.45) is 0 Å². The van der Waals surface area contributed by atoms with E-state index in [1.54, 1.807) is 0 Å². The van der Waals surface area contributed by atoms with E-state index in [2.05, 4.69) is 42.5 Å². The van der Waals surface area contributed by atoms with Gasteiger partial charge in [0.1, 0.15) is 0 Å². The van der Waals surface area contributed by atoms with Crippen LogP contribution in [-0.2, 0) is 0 Å². The Hall–Kier alpha value is -1.04. The molecule has 0 N–H and O–H groups in total. The van der Waals surface area contributed by atoms with Gasteiger partial charge in [-0.3, -0.25) is 0 Å². The van der Waals surface area contributed by atoms with Gasteiger partial charge in [-0.1, -0.05) is 42.5 Å². The molecule has 0 fully saturated rings. The minimum absolute atomic E-state index is 0.998. The van der Waals surface area contributed by atoms with E-state index in [0.717, 1.165) is 12.8 Å². The van der Waals surface area contributed by atoms with Crippen molar-refractivity contribution in [1.29, 1.82) is 0 Å². The first-order valence-electron chi connectivity index (χ1n) is 5.03. The lowest BCUT2D eigenvalue weighted by molar-refractivity contribution is 0.866. The standard InChI is InChI=1S/C13H17/c1-2-4-6-8-10-12-13-11-9-7-5-3-1/h1-2,5-7,10,12H,3-4,9,11,13H2. The summed E-state index contributed by atoms with van der Waals surface area (Å²) in [4.78, 5) is 0. The summed E-state index contributed by atoms with van der Waals surface area (Å²) in [6.45, 7) is 0. The second kappa shape index (κ2) is 7.60. The van der Waals surface area contributed by atoms with Gasteiger partial charge in [0.2, 0.25) is 0 Å². The molecule has 0 aromatic carbocycles. The molecule has 0 saturated carbocycles. The average Bonchev–Trinajstić information content (AvgIpc) is 2.18. The van der Waals surface area contributed by atoms with E-state index >= 15 is 0 Å². The Kier molecular flexibility index (Phi) is 5.87. The van der Waals surface area contributed by atoms with Crippen LogP contribution in [-0.4, -0.2) is 0 Å². The maximum absolute atomic E-state index is 3.15. The van der Waals surface area contributed by atoms with Crippen LogP contribution in [0.4, 0.5) is 0 Å². The van der Waals surface area contributed by atoms with Crippen LogP contribution in [0.25, 0.3) is 0 Å². The van der Waals surface area contributed by atoms with Gasteiger partial charge < -0.3 is 0 Å². The molecule has 0 unspecified atom stereocenters. The first-order valence-corrected chi connectivity index (χ1v) is 5.03. The summed E-state index contributed by atoms with van der Waals surface area (Å²) in [5.41, 5.74) is 0. The summed E-state index contributed by atoms with van der Waals surface area (Å²) in [6.07, 6.45) is 24.0. The van der Waals surface area contributed by atoms with E-state index in [4.69, 9.17) is 0 Å². The Morgan fingerprint density at radius 3 is 2.54 bits per heavy atom. The van der Waals surface area contributed by atoms with Crippen LogP contribution in [0.2, 0.25) is 0 Å². The van der Waals surface area contributed by atoms with Gasteiger partial charge >= 0.3 is 0 Å². The summed E-state index contributed by atoms with van der Waals surface area (Å²) < 4.78 is 0. The van der Waals surface area contributed by atoms with Gasteiger partial charge in [0.25, 0.3) is 0 Å². The van der Waals surface area contributed by atoms with Crippen LogP contribution in [0, 0.1) is 6.08 Å². The van der Waals surface area contributed by atoms with Crippen molar-refractivity contribution >= 4 is 0 Å². The molecule has 1 rings (SSSR count). The molecule has 1 radical (unpaired) electrons. The highest BCUT2D eigenvalue weighted by Crippen LogP contribution is 2.00. The van der Waals surface area contributed by atoms with Gasteiger partial charge in [0.15, 0.2) is 0 Å². The normalized spacial score (nSPS) is 19.1. The predicted molar refractivity (Wildman–Crippen MR) is 58.3 cm³/mol. The number of hydrogen-bond donors (Lipinski definition) is 0. The minimum Gasteiger partial charge on any atom is -0.0882 e. The molecule has 0 aromatic heterocycles. The fraction of sp³-hybridized carbons (Fsp3) is 0.385. The summed E-state index contributed by atoms with van der Waals surface area (Å²) in [5.74, 6) is 0. The molecule has 0 heterocycles. The van der Waals surface area contributed by atoms with Gasteiger partial charge in [-0.2, -0.15) is 0 Å². The molecule has 0 spiro atoms. The van der Waals surface area contributed by atoms with Gasteiger partial charge in [-0.15, -0.1) is 0 Å². The zero-order valence-electron chi connectivity index (χ0n) is 8.08. The number of rotatable bonds is 0. The van der Waals surface area contributed by atoms with Gasteiger partial charge in [0.05, 0.1) is 0 Å². The first kappa shape index (κ1) is 10.0. The quantitative estimate of drug-likeness (QED) is 0.486. The molecule has 0 aliphatic heterocycles. The molecule has 1 aliphatic carbocycles. The van der Waals surface area contributed by atoms with Crippen LogP contribution in [0.3, 0.4) is 0 Å². The van der Waals surface area contributed by atoms with Crippen molar-refractivity contribution < 1.29 is 0 Å². The minimum atomic E-state index is 0.998. The molecular formula is C13H17. The highest BCUT2D eigenvalue weighted by Gasteiger charge is 1.80. The van der Waals surface area contributed by atoms with Crippen LogP contribution in [0.1, 0.15) is 32.1 Å². The van der Waals surface area contributed by atoms with E-state index in [0.29, 0.717) is 0 Å². The van der Waals surface area contributed by atoms with Crippen LogP contribution >= 0.6 is 0 Å². The molecule has 0 bridgehead atoms. The third-order valence-corrected chi connectivity index (χ3v) is 1.93. The van der Waals surface area contributed by atoms with Crippen molar-refractivity contribution in [1.82, 2.24) is 0 Å². The molecule has 1 aliphatic rings. The van der Waals surface area contributed by atoms with E-state index in [1.165, 1.54) is 19.3 Å². The largest absolute Gasteiger partial charge is 0.0882 e. The van der Waals surface area contributed by atoms with Crippen molar-refractivity contribution in [3.63, 3.8) is 0 Å². The van der Waals surface area contributed by atoms with E-state index in [-0.39, 0.29) is 0 Å². The Labute approximate surface area is 81.4 Å². The van der Waals surface area contributed by atoms with Crippen molar-refractivity contribution in [2.45, 2.75) is 32.1 Å². The molecule has 69 valence electrons. The zero-order valence-corrected chi connectivity index (χ0v) is 8.08. The SMILES string of the molecule is [C]1=CCC=CCC=CCCCC=C1. The summed E-state index contributed by atoms with van der Waals surface area (Å²) in [7, 11) is 0. The Bertz CT molecular complexity index is 216. The fourth-order valence-corrected chi connectivity index (χ4v) is 1.19. The van der Waals surface area contributed by atoms with Gasteiger partial charge in [-0.05, 0) is 38.2 Å². The second-order valence-electron chi connectivity index (χ2n) is 3.12. The summed E-state index contributed by atoms with van der Waals surface area (Å²) >= 11 is 0. The summed E-state index contributed by atoms with van der Waals surface area (Å²) in [5, 5.41) is 0. The maximum atomic E-state index is 3.15. The third kappa shape index (κ3) is 6.15. The Morgan fingerprint density at radius 2 is 1.54 bits per heavy atom. The second-order valence-corrected chi connectivity index (χ2v) is 3.12.